The Labute approximate surface area is 207 Å². The summed E-state index contributed by atoms with van der Waals surface area (Å²) in [4.78, 5) is 50.8. The number of rotatable bonds is 8. The van der Waals surface area contributed by atoms with Gasteiger partial charge in [-0.2, -0.15) is 0 Å². The van der Waals surface area contributed by atoms with E-state index in [4.69, 9.17) is 14.2 Å². The number of imide groups is 2. The summed E-state index contributed by atoms with van der Waals surface area (Å²) in [6.45, 7) is 1.93. The van der Waals surface area contributed by atoms with Crippen LogP contribution in [-0.2, 0) is 25.7 Å². The summed E-state index contributed by atoms with van der Waals surface area (Å²) in [7, 11) is 0. The fraction of sp³-hybridized carbons (Fsp3) is 0.385. The summed E-state index contributed by atoms with van der Waals surface area (Å²) in [6, 6.07) is 13.2. The number of urea groups is 1. The van der Waals surface area contributed by atoms with Crippen LogP contribution < -0.4 is 20.1 Å². The quantitative estimate of drug-likeness (QED) is 0.542. The Morgan fingerprint density at radius 2 is 1.53 bits per heavy atom. The number of benzene rings is 2. The van der Waals surface area contributed by atoms with E-state index in [9.17, 15) is 19.2 Å². The zero-order chi connectivity index (χ0) is 25.1. The van der Waals surface area contributed by atoms with E-state index in [1.54, 1.807) is 24.3 Å². The fourth-order valence-corrected chi connectivity index (χ4v) is 4.66. The van der Waals surface area contributed by atoms with Gasteiger partial charge < -0.3 is 19.1 Å². The van der Waals surface area contributed by atoms with Crippen LogP contribution in [0.2, 0.25) is 0 Å². The number of likely N-dealkylation sites (tertiary alicyclic amines) is 1. The van der Waals surface area contributed by atoms with E-state index in [1.165, 1.54) is 0 Å². The minimum Gasteiger partial charge on any atom is -0.467 e. The summed E-state index contributed by atoms with van der Waals surface area (Å²) < 4.78 is 17.4. The second-order valence-electron chi connectivity index (χ2n) is 9.14. The Hall–Kier alpha value is -3.92. The molecule has 1 unspecified atom stereocenters. The van der Waals surface area contributed by atoms with Crippen molar-refractivity contribution in [3.8, 4) is 17.2 Å². The van der Waals surface area contributed by atoms with E-state index in [-0.39, 0.29) is 24.2 Å². The molecule has 3 fully saturated rings. The smallest absolute Gasteiger partial charge is 0.328 e. The molecule has 2 aromatic carbocycles. The Balaban J connectivity index is 1.25. The maximum atomic E-state index is 12.8. The minimum atomic E-state index is -1.92. The van der Waals surface area contributed by atoms with E-state index < -0.39 is 23.4 Å². The van der Waals surface area contributed by atoms with E-state index in [1.807, 2.05) is 29.2 Å². The van der Waals surface area contributed by atoms with Crippen molar-refractivity contribution in [1.82, 2.24) is 15.5 Å². The van der Waals surface area contributed by atoms with Crippen molar-refractivity contribution in [2.45, 2.75) is 50.4 Å². The summed E-state index contributed by atoms with van der Waals surface area (Å²) in [5, 5.41) is 4.26. The highest BCUT2D eigenvalue weighted by molar-refractivity contribution is 6.21. The zero-order valence-corrected chi connectivity index (χ0v) is 19.7. The minimum absolute atomic E-state index is 0.00836. The van der Waals surface area contributed by atoms with Crippen LogP contribution in [0.3, 0.4) is 0 Å². The topological polar surface area (TPSA) is 123 Å². The van der Waals surface area contributed by atoms with E-state index in [2.05, 4.69) is 10.6 Å². The van der Waals surface area contributed by atoms with Crippen molar-refractivity contribution in [3.63, 3.8) is 0 Å². The third-order valence-electron chi connectivity index (χ3n) is 6.55. The molecule has 2 N–H and O–H groups in total. The molecule has 2 aromatic rings. The maximum Gasteiger partial charge on any atom is 0.328 e. The number of ether oxygens (including phenoxy) is 3. The second-order valence-corrected chi connectivity index (χ2v) is 9.14. The molecule has 3 aliphatic rings. The monoisotopic (exact) mass is 493 g/mol. The molecule has 3 saturated heterocycles. The number of barbiturate groups is 1. The van der Waals surface area contributed by atoms with Gasteiger partial charge in [-0.3, -0.25) is 25.0 Å². The number of hydrogen-bond donors (Lipinski definition) is 2. The van der Waals surface area contributed by atoms with Crippen molar-refractivity contribution < 1.29 is 33.4 Å². The summed E-state index contributed by atoms with van der Waals surface area (Å²) in [6.07, 6.45) is 2.70. The van der Waals surface area contributed by atoms with Crippen molar-refractivity contribution in [2.24, 2.45) is 0 Å². The predicted molar refractivity (Wildman–Crippen MR) is 126 cm³/mol. The molecule has 0 aliphatic carbocycles. The van der Waals surface area contributed by atoms with E-state index in [0.29, 0.717) is 37.5 Å². The average Bonchev–Trinajstić information content (AvgIpc) is 3.51. The molecule has 0 bridgehead atoms. The Bertz CT molecular complexity index is 1140. The molecule has 10 heteroatoms. The molecule has 3 heterocycles. The van der Waals surface area contributed by atoms with Gasteiger partial charge in [0, 0.05) is 32.5 Å². The summed E-state index contributed by atoms with van der Waals surface area (Å²) >= 11 is 0. The number of carbonyl (C=O) groups is 4. The van der Waals surface area contributed by atoms with Crippen LogP contribution in [0.5, 0.6) is 17.2 Å². The standard InChI is InChI=1S/C26H27N3O7/c30-22-4-1-13-29(22)16-17-5-7-18(8-6-17)35-19-9-11-20(12-10-19)36-26(15-21-3-2-14-34-21)23(31)27-25(33)28-24(26)32/h5-12,21H,1-4,13-16H2,(H2,27,28,31,32,33). The van der Waals surface area contributed by atoms with Crippen LogP contribution in [0.1, 0.15) is 37.7 Å². The van der Waals surface area contributed by atoms with Gasteiger partial charge in [0.05, 0.1) is 6.10 Å². The first-order chi connectivity index (χ1) is 17.4. The van der Waals surface area contributed by atoms with Crippen molar-refractivity contribution in [1.29, 1.82) is 0 Å². The fourth-order valence-electron chi connectivity index (χ4n) is 4.66. The number of amides is 5. The van der Waals surface area contributed by atoms with Gasteiger partial charge in [-0.1, -0.05) is 12.1 Å². The third kappa shape index (κ3) is 5.03. The first-order valence-electron chi connectivity index (χ1n) is 12.0. The van der Waals surface area contributed by atoms with Gasteiger partial charge in [-0.15, -0.1) is 0 Å². The number of nitrogens with one attached hydrogen (secondary N) is 2. The first kappa shape index (κ1) is 23.8. The first-order valence-corrected chi connectivity index (χ1v) is 12.0. The van der Waals surface area contributed by atoms with Crippen molar-refractivity contribution in [3.05, 3.63) is 54.1 Å². The molecule has 36 heavy (non-hydrogen) atoms. The number of carbonyl (C=O) groups excluding carboxylic acids is 4. The molecule has 0 spiro atoms. The number of hydrogen-bond acceptors (Lipinski definition) is 7. The highest BCUT2D eigenvalue weighted by Gasteiger charge is 2.54. The molecular formula is C26H27N3O7. The highest BCUT2D eigenvalue weighted by Crippen LogP contribution is 2.31. The highest BCUT2D eigenvalue weighted by atomic mass is 16.5. The lowest BCUT2D eigenvalue weighted by Crippen LogP contribution is -2.69. The molecule has 5 rings (SSSR count). The van der Waals surface area contributed by atoms with Gasteiger partial charge in [-0.05, 0) is 61.2 Å². The predicted octanol–water partition coefficient (Wildman–Crippen LogP) is 2.65. The molecule has 1 atom stereocenters. The average molecular weight is 494 g/mol. The van der Waals surface area contributed by atoms with Crippen LogP contribution in [0.15, 0.2) is 48.5 Å². The van der Waals surface area contributed by atoms with Gasteiger partial charge in [-0.25, -0.2) is 4.79 Å². The SMILES string of the molecule is O=C1NC(=O)C(CC2CCCO2)(Oc2ccc(Oc3ccc(CN4CCCC4=O)cc3)cc2)C(=O)N1. The van der Waals surface area contributed by atoms with Crippen LogP contribution in [0.4, 0.5) is 4.79 Å². The second kappa shape index (κ2) is 9.98. The van der Waals surface area contributed by atoms with E-state index >= 15 is 0 Å². The lowest BCUT2D eigenvalue weighted by Gasteiger charge is -2.35. The molecule has 188 valence electrons. The Morgan fingerprint density at radius 1 is 0.889 bits per heavy atom. The molecule has 0 saturated carbocycles. The van der Waals surface area contributed by atoms with Gasteiger partial charge in [0.15, 0.2) is 0 Å². The molecule has 0 radical (unpaired) electrons. The summed E-state index contributed by atoms with van der Waals surface area (Å²) in [5.41, 5.74) is -0.891. The number of nitrogens with zero attached hydrogens (tertiary/aromatic N) is 1. The maximum absolute atomic E-state index is 12.8. The normalized spacial score (nSPS) is 21.3. The summed E-state index contributed by atoms with van der Waals surface area (Å²) in [5.74, 6) is -0.0218. The lowest BCUT2D eigenvalue weighted by atomic mass is 9.91. The van der Waals surface area contributed by atoms with Gasteiger partial charge in [0.2, 0.25) is 5.91 Å². The van der Waals surface area contributed by atoms with Crippen molar-refractivity contribution >= 4 is 23.8 Å². The van der Waals surface area contributed by atoms with Crippen LogP contribution >= 0.6 is 0 Å². The molecule has 5 amide bonds. The van der Waals surface area contributed by atoms with Crippen molar-refractivity contribution in [2.75, 3.05) is 13.2 Å². The van der Waals surface area contributed by atoms with Crippen LogP contribution in [0, 0.1) is 0 Å². The molecular weight excluding hydrogens is 466 g/mol. The molecule has 3 aliphatic heterocycles. The lowest BCUT2D eigenvalue weighted by molar-refractivity contribution is -0.154. The largest absolute Gasteiger partial charge is 0.467 e. The Kier molecular flexibility index (Phi) is 6.60. The molecule has 10 nitrogen and oxygen atoms in total. The zero-order valence-electron chi connectivity index (χ0n) is 19.7. The third-order valence-corrected chi connectivity index (χ3v) is 6.55. The van der Waals surface area contributed by atoms with Crippen LogP contribution in [0.25, 0.3) is 0 Å². The van der Waals surface area contributed by atoms with Gasteiger partial charge in [0.25, 0.3) is 17.4 Å². The van der Waals surface area contributed by atoms with Gasteiger partial charge >= 0.3 is 6.03 Å². The van der Waals surface area contributed by atoms with E-state index in [0.717, 1.165) is 24.9 Å². The Morgan fingerprint density at radius 3 is 2.11 bits per heavy atom. The van der Waals surface area contributed by atoms with Gasteiger partial charge in [0.1, 0.15) is 17.2 Å². The van der Waals surface area contributed by atoms with Crippen LogP contribution in [-0.4, -0.2) is 53.5 Å². The molecule has 0 aromatic heterocycles.